The fourth-order valence-corrected chi connectivity index (χ4v) is 1.68. The van der Waals surface area contributed by atoms with Gasteiger partial charge < -0.3 is 10.1 Å². The number of amides is 1. The van der Waals surface area contributed by atoms with Crippen LogP contribution in [0, 0.1) is 17.5 Å². The molecular formula is C16H12F3NO2. The molecule has 2 aromatic carbocycles. The Kier molecular flexibility index (Phi) is 4.83. The number of halogens is 3. The van der Waals surface area contributed by atoms with Crippen molar-refractivity contribution in [1.29, 1.82) is 0 Å². The van der Waals surface area contributed by atoms with Gasteiger partial charge >= 0.3 is 0 Å². The molecule has 2 aromatic rings. The first-order valence-electron chi connectivity index (χ1n) is 6.28. The first-order chi connectivity index (χ1) is 10.5. The number of carbonyl (C=O) groups is 1. The van der Waals surface area contributed by atoms with Crippen molar-refractivity contribution in [3.05, 3.63) is 65.5 Å². The molecule has 0 radical (unpaired) electrons. The third-order valence-corrected chi connectivity index (χ3v) is 2.84. The van der Waals surface area contributed by atoms with E-state index in [0.29, 0.717) is 5.75 Å². The van der Waals surface area contributed by atoms with E-state index in [-0.39, 0.29) is 0 Å². The van der Waals surface area contributed by atoms with E-state index in [1.165, 1.54) is 13.2 Å². The largest absolute Gasteiger partial charge is 0.497 e. The predicted octanol–water partition coefficient (Wildman–Crippen LogP) is 3.76. The van der Waals surface area contributed by atoms with Crippen LogP contribution in [0.2, 0.25) is 0 Å². The van der Waals surface area contributed by atoms with E-state index in [9.17, 15) is 18.0 Å². The van der Waals surface area contributed by atoms with Gasteiger partial charge in [0.1, 0.15) is 5.75 Å². The topological polar surface area (TPSA) is 38.3 Å². The SMILES string of the molecule is COc1ccc(/C=C/C(=O)Nc2ccc(F)c(F)c2F)cc1. The molecule has 0 aromatic heterocycles. The molecule has 0 heterocycles. The smallest absolute Gasteiger partial charge is 0.248 e. The summed E-state index contributed by atoms with van der Waals surface area (Å²) in [5.41, 5.74) is 0.296. The molecule has 0 spiro atoms. The summed E-state index contributed by atoms with van der Waals surface area (Å²) in [5.74, 6) is -4.38. The number of hydrogen-bond acceptors (Lipinski definition) is 2. The number of nitrogens with one attached hydrogen (secondary N) is 1. The molecular weight excluding hydrogens is 295 g/mol. The molecule has 114 valence electrons. The molecule has 0 saturated heterocycles. The predicted molar refractivity (Wildman–Crippen MR) is 77.0 cm³/mol. The lowest BCUT2D eigenvalue weighted by Crippen LogP contribution is -2.10. The van der Waals surface area contributed by atoms with Crippen molar-refractivity contribution in [2.45, 2.75) is 0 Å². The highest BCUT2D eigenvalue weighted by Crippen LogP contribution is 2.19. The third kappa shape index (κ3) is 3.66. The zero-order valence-corrected chi connectivity index (χ0v) is 11.6. The van der Waals surface area contributed by atoms with Crippen molar-refractivity contribution < 1.29 is 22.7 Å². The maximum Gasteiger partial charge on any atom is 0.248 e. The molecule has 3 nitrogen and oxygen atoms in total. The van der Waals surface area contributed by atoms with Gasteiger partial charge in [0.2, 0.25) is 5.91 Å². The number of rotatable bonds is 4. The lowest BCUT2D eigenvalue weighted by atomic mass is 10.2. The van der Waals surface area contributed by atoms with E-state index in [2.05, 4.69) is 5.32 Å². The van der Waals surface area contributed by atoms with Gasteiger partial charge in [-0.25, -0.2) is 13.2 Å². The Balaban J connectivity index is 2.06. The summed E-state index contributed by atoms with van der Waals surface area (Å²) in [6.07, 6.45) is 2.65. The Morgan fingerprint density at radius 3 is 2.36 bits per heavy atom. The van der Waals surface area contributed by atoms with Gasteiger partial charge in [-0.05, 0) is 35.9 Å². The average molecular weight is 307 g/mol. The van der Waals surface area contributed by atoms with Crippen LogP contribution < -0.4 is 10.1 Å². The van der Waals surface area contributed by atoms with Crippen molar-refractivity contribution in [3.63, 3.8) is 0 Å². The molecule has 6 heteroatoms. The number of methoxy groups -OCH3 is 1. The monoisotopic (exact) mass is 307 g/mol. The normalized spacial score (nSPS) is 10.7. The first-order valence-corrected chi connectivity index (χ1v) is 6.28. The van der Waals surface area contributed by atoms with E-state index in [4.69, 9.17) is 4.74 Å². The molecule has 0 fully saturated rings. The van der Waals surface area contributed by atoms with Gasteiger partial charge in [-0.15, -0.1) is 0 Å². The number of carbonyl (C=O) groups excluding carboxylic acids is 1. The molecule has 1 N–H and O–H groups in total. The van der Waals surface area contributed by atoms with E-state index in [1.54, 1.807) is 24.3 Å². The van der Waals surface area contributed by atoms with Crippen molar-refractivity contribution in [2.24, 2.45) is 0 Å². The molecule has 0 aliphatic rings. The zero-order valence-electron chi connectivity index (χ0n) is 11.6. The van der Waals surface area contributed by atoms with Gasteiger partial charge in [-0.2, -0.15) is 0 Å². The van der Waals surface area contributed by atoms with E-state index >= 15 is 0 Å². The molecule has 22 heavy (non-hydrogen) atoms. The van der Waals surface area contributed by atoms with Gasteiger partial charge in [0.05, 0.1) is 12.8 Å². The number of anilines is 1. The quantitative estimate of drug-likeness (QED) is 0.690. The molecule has 0 saturated carbocycles. The lowest BCUT2D eigenvalue weighted by molar-refractivity contribution is -0.111. The number of benzene rings is 2. The molecule has 0 aliphatic heterocycles. The maximum absolute atomic E-state index is 13.4. The van der Waals surface area contributed by atoms with Crippen LogP contribution in [-0.2, 0) is 4.79 Å². The van der Waals surface area contributed by atoms with Gasteiger partial charge in [-0.1, -0.05) is 12.1 Å². The van der Waals surface area contributed by atoms with Crippen LogP contribution in [0.1, 0.15) is 5.56 Å². The molecule has 0 bridgehead atoms. The highest BCUT2D eigenvalue weighted by molar-refractivity contribution is 6.02. The fraction of sp³-hybridized carbons (Fsp3) is 0.0625. The second-order valence-corrected chi connectivity index (χ2v) is 4.32. The van der Waals surface area contributed by atoms with E-state index in [0.717, 1.165) is 23.8 Å². The fourth-order valence-electron chi connectivity index (χ4n) is 1.68. The van der Waals surface area contributed by atoms with Crippen molar-refractivity contribution in [1.82, 2.24) is 0 Å². The van der Waals surface area contributed by atoms with Gasteiger partial charge in [0.25, 0.3) is 0 Å². The number of ether oxygens (including phenoxy) is 1. The van der Waals surface area contributed by atoms with Gasteiger partial charge in [-0.3, -0.25) is 4.79 Å². The molecule has 0 atom stereocenters. The summed E-state index contributed by atoms with van der Waals surface area (Å²) in [6, 6.07) is 8.56. The Hall–Kier alpha value is -2.76. The lowest BCUT2D eigenvalue weighted by Gasteiger charge is -2.05. The molecule has 1 amide bonds. The summed E-state index contributed by atoms with van der Waals surface area (Å²) in [6.45, 7) is 0. The highest BCUT2D eigenvalue weighted by Gasteiger charge is 2.14. The van der Waals surface area contributed by atoms with Crippen LogP contribution in [0.5, 0.6) is 5.75 Å². The van der Waals surface area contributed by atoms with Crippen molar-refractivity contribution in [2.75, 3.05) is 12.4 Å². The standard InChI is InChI=1S/C16H12F3NO2/c1-22-11-5-2-10(3-6-11)4-9-14(21)20-13-8-7-12(17)15(18)16(13)19/h2-9H,1H3,(H,20,21)/b9-4+. The van der Waals surface area contributed by atoms with E-state index in [1.807, 2.05) is 0 Å². The van der Waals surface area contributed by atoms with Crippen LogP contribution in [0.25, 0.3) is 6.08 Å². The van der Waals surface area contributed by atoms with Gasteiger partial charge in [0, 0.05) is 6.08 Å². The Morgan fingerprint density at radius 1 is 1.05 bits per heavy atom. The summed E-state index contributed by atoms with van der Waals surface area (Å²) >= 11 is 0. The van der Waals surface area contributed by atoms with Crippen molar-refractivity contribution in [3.8, 4) is 5.75 Å². The molecule has 0 aliphatic carbocycles. The van der Waals surface area contributed by atoms with Crippen LogP contribution in [0.3, 0.4) is 0 Å². The Bertz CT molecular complexity index is 712. The molecule has 2 rings (SSSR count). The van der Waals surface area contributed by atoms with Crippen molar-refractivity contribution >= 4 is 17.7 Å². The Labute approximate surface area is 125 Å². The minimum absolute atomic E-state index is 0.428. The van der Waals surface area contributed by atoms with Crippen LogP contribution >= 0.6 is 0 Å². The Morgan fingerprint density at radius 2 is 1.73 bits per heavy atom. The summed E-state index contributed by atoms with van der Waals surface area (Å²) in [5, 5.41) is 2.14. The highest BCUT2D eigenvalue weighted by atomic mass is 19.2. The van der Waals surface area contributed by atoms with Gasteiger partial charge in [0.15, 0.2) is 17.5 Å². The second kappa shape index (κ2) is 6.80. The minimum Gasteiger partial charge on any atom is -0.497 e. The van der Waals surface area contributed by atoms with Crippen LogP contribution in [0.15, 0.2) is 42.5 Å². The zero-order chi connectivity index (χ0) is 16.1. The number of hydrogen-bond donors (Lipinski definition) is 1. The molecule has 0 unspecified atom stereocenters. The summed E-state index contributed by atoms with van der Waals surface area (Å²) in [4.78, 5) is 11.7. The maximum atomic E-state index is 13.4. The third-order valence-electron chi connectivity index (χ3n) is 2.84. The average Bonchev–Trinajstić information content (AvgIpc) is 2.54. The summed E-state index contributed by atoms with van der Waals surface area (Å²) in [7, 11) is 1.54. The van der Waals surface area contributed by atoms with E-state index < -0.39 is 29.0 Å². The first kappa shape index (κ1) is 15.6. The second-order valence-electron chi connectivity index (χ2n) is 4.32. The van der Waals surface area contributed by atoms with Crippen LogP contribution in [0.4, 0.5) is 18.9 Å². The minimum atomic E-state index is -1.63. The summed E-state index contributed by atoms with van der Waals surface area (Å²) < 4.78 is 44.2. The van der Waals surface area contributed by atoms with Crippen LogP contribution in [-0.4, -0.2) is 13.0 Å².